The predicted molar refractivity (Wildman–Crippen MR) is 370 cm³/mol. The second-order valence-electron chi connectivity index (χ2n) is 26.3. The molecule has 0 aliphatic carbocycles. The zero-order chi connectivity index (χ0) is 98.8. The van der Waals surface area contributed by atoms with Gasteiger partial charge in [0.2, 0.25) is 0 Å². The molecule has 5 rings (SSSR count). The van der Waals surface area contributed by atoms with E-state index in [0.29, 0.717) is 0 Å². The minimum Gasteiger partial charge on any atom is -0.350 e. The van der Waals surface area contributed by atoms with Crippen molar-refractivity contribution in [1.82, 2.24) is 0 Å². The van der Waals surface area contributed by atoms with Crippen LogP contribution >= 0.6 is 0 Å². The van der Waals surface area contributed by atoms with Gasteiger partial charge in [-0.2, -0.15) is 135 Å². The van der Waals surface area contributed by atoms with E-state index in [1.54, 1.807) is 20.8 Å². The third-order valence-corrected chi connectivity index (χ3v) is 22.4. The molecule has 5 heterocycles. The highest BCUT2D eigenvalue weighted by Crippen LogP contribution is 2.44. The van der Waals surface area contributed by atoms with Gasteiger partial charge in [0, 0.05) is 0 Å². The summed E-state index contributed by atoms with van der Waals surface area (Å²) in [6, 6.07) is 0. The van der Waals surface area contributed by atoms with Crippen LogP contribution in [0, 0.1) is 11.3 Å². The molecule has 0 aromatic carbocycles. The third-order valence-electron chi connectivity index (χ3n) is 15.1. The van der Waals surface area contributed by atoms with Gasteiger partial charge in [0.15, 0.2) is 62.0 Å². The Balaban J connectivity index is 2.07. The summed E-state index contributed by atoms with van der Waals surface area (Å²) < 4.78 is 690. The summed E-state index contributed by atoms with van der Waals surface area (Å²) in [5, 5.41) is 0. The molecule has 760 valence electrons. The minimum absolute atomic E-state index is 0.00157. The molecule has 5 saturated heterocycles. The molecule has 5 fully saturated rings. The highest BCUT2D eigenvalue weighted by Gasteiger charge is 2.65. The highest BCUT2D eigenvalue weighted by atomic mass is 32.3. The van der Waals surface area contributed by atoms with Crippen molar-refractivity contribution in [1.29, 1.82) is 0 Å². The van der Waals surface area contributed by atoms with E-state index in [-0.39, 0.29) is 6.42 Å². The Morgan fingerprint density at radius 2 is 0.367 bits per heavy atom. The van der Waals surface area contributed by atoms with E-state index < -0.39 is 371 Å². The van der Waals surface area contributed by atoms with Gasteiger partial charge in [0.05, 0.1) is 39.6 Å². The van der Waals surface area contributed by atoms with E-state index in [0.717, 1.165) is 0 Å². The lowest BCUT2D eigenvalue weighted by Crippen LogP contribution is -2.70. The van der Waals surface area contributed by atoms with Crippen molar-refractivity contribution in [2.45, 2.75) is 188 Å². The normalized spacial score (nSPS) is 32.4. The molecule has 0 spiro atoms. The Hall–Kier alpha value is -2.48. The van der Waals surface area contributed by atoms with Crippen LogP contribution in [-0.4, -0.2) is 401 Å². The van der Waals surface area contributed by atoms with Crippen LogP contribution in [-0.2, 0) is 281 Å². The van der Waals surface area contributed by atoms with E-state index in [1.807, 2.05) is 0 Å². The molecule has 16 N–H and O–H groups in total. The molecule has 0 aromatic rings. The van der Waals surface area contributed by atoms with Crippen LogP contribution in [0.1, 0.15) is 34.1 Å². The summed E-state index contributed by atoms with van der Waals surface area (Å²) in [6.45, 7) is -6.86. The molecule has 0 bridgehead atoms. The van der Waals surface area contributed by atoms with Crippen LogP contribution in [0.3, 0.4) is 0 Å². The van der Waals surface area contributed by atoms with Crippen LogP contribution in [0.25, 0.3) is 0 Å². The predicted octanol–water partition coefficient (Wildman–Crippen LogP) is -11.6. The Morgan fingerprint density at radius 1 is 0.219 bits per heavy atom. The fraction of sp³-hybridized carbons (Fsp3) is 1.00. The van der Waals surface area contributed by atoms with Gasteiger partial charge in [-0.1, -0.05) is 27.7 Å². The molecular formula is C38H68O74S16. The van der Waals surface area contributed by atoms with E-state index in [9.17, 15) is 208 Å². The first kappa shape index (κ1) is 116. The largest absolute Gasteiger partial charge is 0.397 e. The lowest BCUT2D eigenvalue weighted by Gasteiger charge is -2.51. The van der Waals surface area contributed by atoms with Gasteiger partial charge >= 0.3 is 166 Å². The summed E-state index contributed by atoms with van der Waals surface area (Å²) in [4.78, 5) is 0. The van der Waals surface area contributed by atoms with Crippen LogP contribution in [0.5, 0.6) is 0 Å². The highest BCUT2D eigenvalue weighted by molar-refractivity contribution is 7.84. The lowest BCUT2D eigenvalue weighted by atomic mass is 9.86. The maximum absolute atomic E-state index is 13.4. The number of rotatable bonds is 49. The van der Waals surface area contributed by atoms with Gasteiger partial charge in [-0.3, -0.25) is 72.8 Å². The monoisotopic (exact) mass is 2220 g/mol. The van der Waals surface area contributed by atoms with E-state index in [4.69, 9.17) is 47.4 Å². The van der Waals surface area contributed by atoms with Crippen LogP contribution < -0.4 is 0 Å². The molecule has 5 aliphatic rings. The van der Waals surface area contributed by atoms with E-state index in [2.05, 4.69) is 66.9 Å². The number of hydrogen-bond acceptors (Lipinski definition) is 58. The van der Waals surface area contributed by atoms with Crippen molar-refractivity contribution in [3.8, 4) is 0 Å². The summed E-state index contributed by atoms with van der Waals surface area (Å²) in [6.07, 6.45) is -95.6. The molecular weight excluding hydrogens is 2150 g/mol. The molecule has 0 amide bonds. The van der Waals surface area contributed by atoms with Gasteiger partial charge in [-0.05, 0) is 17.8 Å². The Bertz CT molecular complexity index is 5800. The number of hydrogen-bond donors (Lipinski definition) is 16. The lowest BCUT2D eigenvalue weighted by molar-refractivity contribution is -0.385. The fourth-order valence-corrected chi connectivity index (χ4v) is 18.8. The molecule has 26 atom stereocenters. The van der Waals surface area contributed by atoms with Gasteiger partial charge in [0.25, 0.3) is 0 Å². The summed E-state index contributed by atoms with van der Waals surface area (Å²) in [5.74, 6) is -0.912. The Morgan fingerprint density at radius 3 is 0.539 bits per heavy atom. The molecule has 90 heteroatoms. The van der Waals surface area contributed by atoms with Gasteiger partial charge in [-0.25, -0.2) is 66.9 Å². The SMILES string of the molecule is CC(COC1O[C@H](COS(=O)(=O)O)[C@@H](OS(=O)(=O)O)[C@H](O[C@@H]2O[C@H](COS(=O)(=O)O)[C@@H](OS(=O)(=O)O)[C@H](O[C@@H]3O[C@H](COS(=O)(=O)O)[C@@H](OS(=O)(=O)O)[C@H](O[C@@H]4O[C@H](COS(=O)(=O)O)[C@@H](OS(=O)(=O)O)[C@H](O[C@@H]5O[C@H](COS(=O)(=O)O)[C@@H](OS(=O)(=O)O)[C@H](OS(=O)(=O)O)[C@H]5OS(=O)(=O)O)[C@H]4OS(=O)(=O)O)[C@H]3OS(=O)(=O)O)[C@H]2OS(=O)(=O)O)[C@H]1OS(=O)(=O)O)CC(C)(C)C. The van der Waals surface area contributed by atoms with Crippen LogP contribution in [0.2, 0.25) is 0 Å². The summed E-state index contributed by atoms with van der Waals surface area (Å²) >= 11 is 0. The molecule has 5 aliphatic heterocycles. The molecule has 0 saturated carbocycles. The zero-order valence-electron chi connectivity index (χ0n) is 61.8. The maximum atomic E-state index is 13.4. The third kappa shape index (κ3) is 42.6. The first-order chi connectivity index (χ1) is 56.9. The van der Waals surface area contributed by atoms with Crippen molar-refractivity contribution in [2.24, 2.45) is 11.3 Å². The minimum atomic E-state index is -7.13. The fourth-order valence-electron chi connectivity index (χ4n) is 11.8. The van der Waals surface area contributed by atoms with Gasteiger partial charge in [0.1, 0.15) is 91.6 Å². The van der Waals surface area contributed by atoms with Crippen molar-refractivity contribution in [2.75, 3.05) is 39.6 Å². The van der Waals surface area contributed by atoms with E-state index in [1.165, 1.54) is 6.92 Å². The van der Waals surface area contributed by atoms with Crippen molar-refractivity contribution in [3.63, 3.8) is 0 Å². The van der Waals surface area contributed by atoms with Crippen LogP contribution in [0.4, 0.5) is 0 Å². The Labute approximate surface area is 722 Å². The second kappa shape index (κ2) is 42.9. The van der Waals surface area contributed by atoms with Gasteiger partial charge in [-0.15, -0.1) is 0 Å². The van der Waals surface area contributed by atoms with Gasteiger partial charge < -0.3 is 47.4 Å². The average molecular weight is 2220 g/mol. The quantitative estimate of drug-likeness (QED) is 0.0252. The maximum Gasteiger partial charge on any atom is 0.397 e. The first-order valence-corrected chi connectivity index (χ1v) is 53.5. The molecule has 128 heavy (non-hydrogen) atoms. The standard InChI is InChI=1S/C38H68O74S16/c1-12(5-38(2,3)4)6-87-33-28(108-124(72,73)74)23(18(102-118(54,55)56)13(93-33)7-88-113(39,40)41)98-34-29(109-125(75,76)77)24(19(103-119(57,58)59)14(94-34)8-89-114(42,43)44)99-35-30(110-126(78,79)80)25(20(104-120(60,61)62)15(95-35)9-90-115(45,46)47)100-36-31(111-127(81,82)83)26(21(105-121(63,64)65)16(96-36)10-91-116(48,49)50)101-37-32(112-128(84,85)86)27(107-123(69,70)71)22(106-122(66,67)68)17(97-37)11-92-117(51,52)53/h12-37H,5-11H2,1-4H3,(H,39,40,41)(H,42,43,44)(H,45,46,47)(H,48,49,50)(H,51,52,53)(H,54,55,56)(H,57,58,59)(H,60,61,62)(H,63,64,65)(H,66,67,68)(H,69,70,71)(H,72,73,74)(H,75,76,77)(H,78,79,80)(H,81,82,83)(H,84,85,86)/t12?,13-,14-,15-,16-,17-,18-,19-,20-,21-,22-,23+,24+,25+,26+,27+,28-,29-,30-,31-,32-,33?,34+,35+,36+,37+/m1/s1. The van der Waals surface area contributed by atoms with Crippen molar-refractivity contribution < 1.29 is 322 Å². The molecule has 0 aromatic heterocycles. The summed E-state index contributed by atoms with van der Waals surface area (Å²) in [7, 11) is -106. The molecule has 2 unspecified atom stereocenters. The van der Waals surface area contributed by atoms with E-state index >= 15 is 0 Å². The average Bonchev–Trinajstić information content (AvgIpc) is 0.759. The second-order valence-corrected chi connectivity index (χ2v) is 43.2. The van der Waals surface area contributed by atoms with Crippen molar-refractivity contribution in [3.05, 3.63) is 0 Å². The molecule has 74 nitrogen and oxygen atoms in total. The number of ether oxygens (including phenoxy) is 10. The topological polar surface area (TPSA) is 1110 Å². The first-order valence-electron chi connectivity index (χ1n) is 31.7. The zero-order valence-corrected chi connectivity index (χ0v) is 74.9. The van der Waals surface area contributed by atoms with Crippen LogP contribution in [0.15, 0.2) is 0 Å². The summed E-state index contributed by atoms with van der Waals surface area (Å²) in [5.41, 5.74) is -0.753. The van der Waals surface area contributed by atoms with Crippen molar-refractivity contribution >= 4 is 166 Å². The molecule has 0 radical (unpaired) electrons. The smallest absolute Gasteiger partial charge is 0.350 e. The Kier molecular flexibility index (Phi) is 38.9.